The van der Waals surface area contributed by atoms with Gasteiger partial charge in [0.05, 0.1) is 0 Å². The van der Waals surface area contributed by atoms with Crippen LogP contribution in [0.1, 0.15) is 45.4 Å². The molecule has 0 bridgehead atoms. The number of alkyl halides is 3. The Balaban J connectivity index is 2.12. The molecule has 1 N–H and O–H groups in total. The molecule has 1 saturated carbocycles. The molecule has 1 atom stereocenters. The zero-order chi connectivity index (χ0) is 11.3. The van der Waals surface area contributed by atoms with Crippen molar-refractivity contribution in [3.05, 3.63) is 0 Å². The van der Waals surface area contributed by atoms with Gasteiger partial charge in [-0.2, -0.15) is 13.2 Å². The van der Waals surface area contributed by atoms with E-state index >= 15 is 0 Å². The maximum Gasteiger partial charge on any atom is 0.389 e. The first-order chi connectivity index (χ1) is 7.01. The highest BCUT2D eigenvalue weighted by atomic mass is 19.4. The molecule has 0 saturated heterocycles. The molecule has 90 valence electrons. The van der Waals surface area contributed by atoms with Crippen LogP contribution in [0.25, 0.3) is 0 Å². The monoisotopic (exact) mass is 223 g/mol. The van der Waals surface area contributed by atoms with Gasteiger partial charge in [-0.25, -0.2) is 0 Å². The maximum absolute atomic E-state index is 11.9. The standard InChI is InChI=1S/C11H20F3N/c1-2-15-10(8-9-5-6-9)4-3-7-11(12,13)14/h9-10,15H,2-8H2,1H3. The Kier molecular flexibility index (Phi) is 4.90. The van der Waals surface area contributed by atoms with E-state index in [4.69, 9.17) is 0 Å². The van der Waals surface area contributed by atoms with E-state index in [1.807, 2.05) is 6.92 Å². The predicted molar refractivity (Wildman–Crippen MR) is 54.7 cm³/mol. The molecule has 15 heavy (non-hydrogen) atoms. The van der Waals surface area contributed by atoms with Gasteiger partial charge < -0.3 is 5.32 Å². The smallest absolute Gasteiger partial charge is 0.314 e. The molecule has 1 aliphatic rings. The molecule has 4 heteroatoms. The van der Waals surface area contributed by atoms with E-state index in [9.17, 15) is 13.2 Å². The van der Waals surface area contributed by atoms with Crippen LogP contribution in [0.15, 0.2) is 0 Å². The molecule has 1 unspecified atom stereocenters. The number of rotatable bonds is 7. The molecule has 1 nitrogen and oxygen atoms in total. The summed E-state index contributed by atoms with van der Waals surface area (Å²) in [5.74, 6) is 0.778. The van der Waals surface area contributed by atoms with Crippen LogP contribution in [0, 0.1) is 5.92 Å². The third-order valence-electron chi connectivity index (χ3n) is 2.82. The molecule has 0 aliphatic heterocycles. The van der Waals surface area contributed by atoms with E-state index in [1.54, 1.807) is 0 Å². The highest BCUT2D eigenvalue weighted by molar-refractivity contribution is 4.80. The summed E-state index contributed by atoms with van der Waals surface area (Å²) in [6.45, 7) is 2.85. The first-order valence-electron chi connectivity index (χ1n) is 5.81. The van der Waals surface area contributed by atoms with Gasteiger partial charge >= 0.3 is 6.18 Å². The van der Waals surface area contributed by atoms with Gasteiger partial charge in [-0.3, -0.25) is 0 Å². The van der Waals surface area contributed by atoms with Crippen molar-refractivity contribution in [2.75, 3.05) is 6.54 Å². The molecule has 0 aromatic heterocycles. The minimum absolute atomic E-state index is 0.258. The van der Waals surface area contributed by atoms with Gasteiger partial charge in [0.2, 0.25) is 0 Å². The lowest BCUT2D eigenvalue weighted by molar-refractivity contribution is -0.135. The molecule has 1 aliphatic carbocycles. The third-order valence-corrected chi connectivity index (χ3v) is 2.82. The largest absolute Gasteiger partial charge is 0.389 e. The molecule has 1 fully saturated rings. The Bertz CT molecular complexity index is 175. The van der Waals surface area contributed by atoms with Gasteiger partial charge in [-0.05, 0) is 31.7 Å². The first kappa shape index (κ1) is 12.8. The summed E-state index contributed by atoms with van der Waals surface area (Å²) in [5.41, 5.74) is 0. The average molecular weight is 223 g/mol. The molecular formula is C11H20F3N. The SMILES string of the molecule is CCNC(CCCC(F)(F)F)CC1CC1. The van der Waals surface area contributed by atoms with E-state index in [1.165, 1.54) is 12.8 Å². The van der Waals surface area contributed by atoms with Crippen molar-refractivity contribution < 1.29 is 13.2 Å². The van der Waals surface area contributed by atoms with Crippen molar-refractivity contribution in [1.82, 2.24) is 5.32 Å². The fourth-order valence-corrected chi connectivity index (χ4v) is 1.90. The minimum Gasteiger partial charge on any atom is -0.314 e. The lowest BCUT2D eigenvalue weighted by Crippen LogP contribution is -2.29. The summed E-state index contributed by atoms with van der Waals surface area (Å²) < 4.78 is 35.8. The Morgan fingerprint density at radius 2 is 2.00 bits per heavy atom. The van der Waals surface area contributed by atoms with Crippen molar-refractivity contribution in [3.63, 3.8) is 0 Å². The van der Waals surface area contributed by atoms with E-state index in [2.05, 4.69) is 5.32 Å². The molecule has 0 aromatic rings. The molecule has 0 heterocycles. The highest BCUT2D eigenvalue weighted by Crippen LogP contribution is 2.34. The van der Waals surface area contributed by atoms with Crippen LogP contribution in [0.4, 0.5) is 13.2 Å². The highest BCUT2D eigenvalue weighted by Gasteiger charge is 2.28. The van der Waals surface area contributed by atoms with Crippen molar-refractivity contribution in [3.8, 4) is 0 Å². The average Bonchev–Trinajstić information content (AvgIpc) is 2.86. The fourth-order valence-electron chi connectivity index (χ4n) is 1.90. The van der Waals surface area contributed by atoms with E-state index < -0.39 is 12.6 Å². The van der Waals surface area contributed by atoms with E-state index in [0.29, 0.717) is 12.5 Å². The number of hydrogen-bond donors (Lipinski definition) is 1. The summed E-state index contributed by atoms with van der Waals surface area (Å²) in [6, 6.07) is 0.296. The van der Waals surface area contributed by atoms with Crippen molar-refractivity contribution >= 4 is 0 Å². The summed E-state index contributed by atoms with van der Waals surface area (Å²) in [6.07, 6.45) is -0.123. The van der Waals surface area contributed by atoms with E-state index in [0.717, 1.165) is 18.9 Å². The third kappa shape index (κ3) is 6.77. The van der Waals surface area contributed by atoms with Crippen LogP contribution < -0.4 is 5.32 Å². The molecule has 0 aromatic carbocycles. The maximum atomic E-state index is 11.9. The molecular weight excluding hydrogens is 203 g/mol. The normalized spacial score (nSPS) is 19.2. The van der Waals surface area contributed by atoms with Crippen LogP contribution >= 0.6 is 0 Å². The van der Waals surface area contributed by atoms with Crippen LogP contribution in [-0.4, -0.2) is 18.8 Å². The summed E-state index contributed by atoms with van der Waals surface area (Å²) in [4.78, 5) is 0. The van der Waals surface area contributed by atoms with Crippen molar-refractivity contribution in [2.24, 2.45) is 5.92 Å². The summed E-state index contributed by atoms with van der Waals surface area (Å²) in [5, 5.41) is 3.27. The van der Waals surface area contributed by atoms with E-state index in [-0.39, 0.29) is 6.42 Å². The topological polar surface area (TPSA) is 12.0 Å². The molecule has 0 radical (unpaired) electrons. The van der Waals surface area contributed by atoms with Crippen LogP contribution in [-0.2, 0) is 0 Å². The lowest BCUT2D eigenvalue weighted by Gasteiger charge is -2.17. The Morgan fingerprint density at radius 3 is 2.47 bits per heavy atom. The lowest BCUT2D eigenvalue weighted by atomic mass is 10.0. The fraction of sp³-hybridized carbons (Fsp3) is 1.00. The molecule has 0 amide bonds. The first-order valence-corrected chi connectivity index (χ1v) is 5.81. The zero-order valence-corrected chi connectivity index (χ0v) is 9.24. The second-order valence-electron chi connectivity index (χ2n) is 4.44. The van der Waals surface area contributed by atoms with Gasteiger partial charge in [-0.15, -0.1) is 0 Å². The summed E-state index contributed by atoms with van der Waals surface area (Å²) >= 11 is 0. The Morgan fingerprint density at radius 1 is 1.33 bits per heavy atom. The number of halogens is 3. The van der Waals surface area contributed by atoms with Crippen LogP contribution in [0.2, 0.25) is 0 Å². The van der Waals surface area contributed by atoms with Gasteiger partial charge in [0.25, 0.3) is 0 Å². The minimum atomic E-state index is -3.99. The Hall–Kier alpha value is -0.250. The summed E-state index contributed by atoms with van der Waals surface area (Å²) in [7, 11) is 0. The van der Waals surface area contributed by atoms with Crippen LogP contribution in [0.5, 0.6) is 0 Å². The van der Waals surface area contributed by atoms with Gasteiger partial charge in [0, 0.05) is 12.5 Å². The zero-order valence-electron chi connectivity index (χ0n) is 9.24. The van der Waals surface area contributed by atoms with Crippen molar-refractivity contribution in [1.29, 1.82) is 0 Å². The predicted octanol–water partition coefficient (Wildman–Crippen LogP) is 3.50. The number of hydrogen-bond acceptors (Lipinski definition) is 1. The van der Waals surface area contributed by atoms with Gasteiger partial charge in [0.1, 0.15) is 0 Å². The molecule has 1 rings (SSSR count). The van der Waals surface area contributed by atoms with Crippen molar-refractivity contribution in [2.45, 2.75) is 57.7 Å². The second kappa shape index (κ2) is 5.73. The van der Waals surface area contributed by atoms with Gasteiger partial charge in [-0.1, -0.05) is 19.8 Å². The number of nitrogens with one attached hydrogen (secondary N) is 1. The van der Waals surface area contributed by atoms with Gasteiger partial charge in [0.15, 0.2) is 0 Å². The molecule has 0 spiro atoms. The second-order valence-corrected chi connectivity index (χ2v) is 4.44. The Labute approximate surface area is 89.4 Å². The van der Waals surface area contributed by atoms with Crippen LogP contribution in [0.3, 0.4) is 0 Å². The quantitative estimate of drug-likeness (QED) is 0.696.